The summed E-state index contributed by atoms with van der Waals surface area (Å²) in [5.74, 6) is 0.133. The molecule has 0 aliphatic rings. The van der Waals surface area contributed by atoms with E-state index in [1.807, 2.05) is 6.92 Å². The van der Waals surface area contributed by atoms with Gasteiger partial charge in [0.15, 0.2) is 6.61 Å². The maximum Gasteiger partial charge on any atom is 0.255 e. The molecule has 6 heteroatoms. The van der Waals surface area contributed by atoms with Crippen molar-refractivity contribution >= 4 is 29.9 Å². The van der Waals surface area contributed by atoms with Gasteiger partial charge in [-0.25, -0.2) is 0 Å². The van der Waals surface area contributed by atoms with E-state index in [4.69, 9.17) is 22.1 Å². The summed E-state index contributed by atoms with van der Waals surface area (Å²) in [5, 5.41) is 3.80. The van der Waals surface area contributed by atoms with Gasteiger partial charge in [-0.3, -0.25) is 4.79 Å². The number of nitrogens with two attached hydrogens (primary N) is 1. The molecular weight excluding hydrogens is 263 g/mol. The first-order valence-electron chi connectivity index (χ1n) is 5.03. The Morgan fingerprint density at radius 3 is 2.82 bits per heavy atom. The van der Waals surface area contributed by atoms with Crippen LogP contribution in [0.1, 0.15) is 12.5 Å². The number of carbonyl (C=O) groups excluding carboxylic acids is 1. The summed E-state index contributed by atoms with van der Waals surface area (Å²) in [6.07, 6.45) is 0. The molecular formula is C11H16Cl2N2O2. The summed E-state index contributed by atoms with van der Waals surface area (Å²) in [5.41, 5.74) is 5.93. The molecule has 3 N–H and O–H groups in total. The highest BCUT2D eigenvalue weighted by molar-refractivity contribution is 6.30. The second-order valence-electron chi connectivity index (χ2n) is 3.29. The van der Waals surface area contributed by atoms with Gasteiger partial charge in [0.25, 0.3) is 5.91 Å². The standard InChI is InChI=1S/C11H15ClN2O2.ClH/c1-2-14-6-8-5-9(12)3-4-10(8)16-7-11(13)15;/h3-5,14H,2,6-7H2,1H3,(H2,13,15);1H. The van der Waals surface area contributed by atoms with Crippen molar-refractivity contribution in [2.24, 2.45) is 5.73 Å². The molecule has 0 fully saturated rings. The molecule has 4 nitrogen and oxygen atoms in total. The Bertz CT molecular complexity index is 372. The van der Waals surface area contributed by atoms with Gasteiger partial charge in [0, 0.05) is 17.1 Å². The molecule has 1 aromatic carbocycles. The highest BCUT2D eigenvalue weighted by atomic mass is 35.5. The van der Waals surface area contributed by atoms with Crippen molar-refractivity contribution in [3.8, 4) is 5.75 Å². The molecule has 96 valence electrons. The fourth-order valence-corrected chi connectivity index (χ4v) is 1.43. The first kappa shape index (κ1) is 16.0. The average Bonchev–Trinajstić information content (AvgIpc) is 2.24. The molecule has 1 aromatic rings. The maximum atomic E-state index is 10.6. The summed E-state index contributed by atoms with van der Waals surface area (Å²) >= 11 is 5.88. The minimum atomic E-state index is -0.496. The van der Waals surface area contributed by atoms with E-state index in [0.29, 0.717) is 17.3 Å². The lowest BCUT2D eigenvalue weighted by Gasteiger charge is -2.11. The average molecular weight is 279 g/mol. The van der Waals surface area contributed by atoms with Crippen molar-refractivity contribution in [1.82, 2.24) is 5.32 Å². The quantitative estimate of drug-likeness (QED) is 0.833. The van der Waals surface area contributed by atoms with Gasteiger partial charge in [-0.05, 0) is 24.7 Å². The summed E-state index contributed by atoms with van der Waals surface area (Å²) in [6, 6.07) is 5.26. The van der Waals surface area contributed by atoms with Crippen LogP contribution in [0.25, 0.3) is 0 Å². The second kappa shape index (κ2) is 8.17. The van der Waals surface area contributed by atoms with Gasteiger partial charge < -0.3 is 15.8 Å². The molecule has 17 heavy (non-hydrogen) atoms. The smallest absolute Gasteiger partial charge is 0.255 e. The monoisotopic (exact) mass is 278 g/mol. The van der Waals surface area contributed by atoms with Gasteiger partial charge >= 0.3 is 0 Å². The van der Waals surface area contributed by atoms with Crippen LogP contribution in [0.15, 0.2) is 18.2 Å². The van der Waals surface area contributed by atoms with Gasteiger partial charge in [-0.15, -0.1) is 12.4 Å². The van der Waals surface area contributed by atoms with E-state index < -0.39 is 5.91 Å². The van der Waals surface area contributed by atoms with E-state index >= 15 is 0 Å². The number of hydrogen-bond donors (Lipinski definition) is 2. The number of amides is 1. The van der Waals surface area contributed by atoms with Crippen LogP contribution in [-0.2, 0) is 11.3 Å². The molecule has 0 aliphatic heterocycles. The lowest BCUT2D eigenvalue weighted by Crippen LogP contribution is -2.21. The summed E-state index contributed by atoms with van der Waals surface area (Å²) in [7, 11) is 0. The lowest BCUT2D eigenvalue weighted by molar-refractivity contribution is -0.119. The molecule has 1 rings (SSSR count). The zero-order valence-corrected chi connectivity index (χ0v) is 11.1. The number of rotatable bonds is 6. The molecule has 0 bridgehead atoms. The van der Waals surface area contributed by atoms with Gasteiger partial charge in [-0.1, -0.05) is 18.5 Å². The molecule has 0 radical (unpaired) electrons. The Morgan fingerprint density at radius 1 is 1.53 bits per heavy atom. The second-order valence-corrected chi connectivity index (χ2v) is 3.72. The van der Waals surface area contributed by atoms with Crippen LogP contribution in [0.3, 0.4) is 0 Å². The molecule has 0 aliphatic carbocycles. The van der Waals surface area contributed by atoms with Crippen LogP contribution >= 0.6 is 24.0 Å². The van der Waals surface area contributed by atoms with Crippen molar-refractivity contribution in [3.63, 3.8) is 0 Å². The van der Waals surface area contributed by atoms with Crippen molar-refractivity contribution in [1.29, 1.82) is 0 Å². The van der Waals surface area contributed by atoms with Gasteiger partial charge in [0.2, 0.25) is 0 Å². The highest BCUT2D eigenvalue weighted by Gasteiger charge is 2.05. The number of halogens is 2. The molecule has 0 saturated heterocycles. The van der Waals surface area contributed by atoms with Gasteiger partial charge in [0.05, 0.1) is 0 Å². The fourth-order valence-electron chi connectivity index (χ4n) is 1.24. The topological polar surface area (TPSA) is 64.3 Å². The Balaban J connectivity index is 0.00000256. The Kier molecular flexibility index (Phi) is 7.70. The minimum absolute atomic E-state index is 0. The minimum Gasteiger partial charge on any atom is -0.483 e. The summed E-state index contributed by atoms with van der Waals surface area (Å²) < 4.78 is 5.28. The first-order chi connectivity index (χ1) is 7.63. The molecule has 0 atom stereocenters. The van der Waals surface area contributed by atoms with Crippen molar-refractivity contribution in [2.75, 3.05) is 13.2 Å². The number of carbonyl (C=O) groups is 1. The SMILES string of the molecule is CCNCc1cc(Cl)ccc1OCC(N)=O.Cl. The number of benzene rings is 1. The van der Waals surface area contributed by atoms with Crippen molar-refractivity contribution in [2.45, 2.75) is 13.5 Å². The zero-order chi connectivity index (χ0) is 12.0. The number of ether oxygens (including phenoxy) is 1. The molecule has 0 aromatic heterocycles. The van der Waals surface area contributed by atoms with E-state index in [9.17, 15) is 4.79 Å². The Morgan fingerprint density at radius 2 is 2.24 bits per heavy atom. The van der Waals surface area contributed by atoms with Crippen LogP contribution < -0.4 is 15.8 Å². The molecule has 0 heterocycles. The number of primary amides is 1. The van der Waals surface area contributed by atoms with Crippen LogP contribution in [0.2, 0.25) is 5.02 Å². The predicted octanol–water partition coefficient (Wildman–Crippen LogP) is 1.74. The third-order valence-corrected chi connectivity index (χ3v) is 2.19. The van der Waals surface area contributed by atoms with Crippen LogP contribution in [0.4, 0.5) is 0 Å². The molecule has 1 amide bonds. The predicted molar refractivity (Wildman–Crippen MR) is 70.8 cm³/mol. The van der Waals surface area contributed by atoms with E-state index in [2.05, 4.69) is 5.32 Å². The third kappa shape index (κ3) is 5.77. The first-order valence-corrected chi connectivity index (χ1v) is 5.41. The third-order valence-electron chi connectivity index (χ3n) is 1.96. The van der Waals surface area contributed by atoms with Crippen molar-refractivity contribution < 1.29 is 9.53 Å². The van der Waals surface area contributed by atoms with E-state index in [1.165, 1.54) is 0 Å². The largest absolute Gasteiger partial charge is 0.483 e. The Hall–Kier alpha value is -0.970. The van der Waals surface area contributed by atoms with Gasteiger partial charge in [0.1, 0.15) is 5.75 Å². The molecule has 0 saturated carbocycles. The van der Waals surface area contributed by atoms with Gasteiger partial charge in [-0.2, -0.15) is 0 Å². The normalized spacial score (nSPS) is 9.53. The lowest BCUT2D eigenvalue weighted by atomic mass is 10.2. The van der Waals surface area contributed by atoms with E-state index in [0.717, 1.165) is 12.1 Å². The maximum absolute atomic E-state index is 10.6. The fraction of sp³-hybridized carbons (Fsp3) is 0.364. The summed E-state index contributed by atoms with van der Waals surface area (Å²) in [4.78, 5) is 10.6. The molecule has 0 unspecified atom stereocenters. The zero-order valence-electron chi connectivity index (χ0n) is 9.53. The van der Waals surface area contributed by atoms with Crippen LogP contribution in [0.5, 0.6) is 5.75 Å². The van der Waals surface area contributed by atoms with Crippen LogP contribution in [-0.4, -0.2) is 19.1 Å². The molecule has 0 spiro atoms. The van der Waals surface area contributed by atoms with E-state index in [1.54, 1.807) is 18.2 Å². The number of nitrogens with one attached hydrogen (secondary N) is 1. The Labute approximate surface area is 112 Å². The van der Waals surface area contributed by atoms with Crippen molar-refractivity contribution in [3.05, 3.63) is 28.8 Å². The summed E-state index contributed by atoms with van der Waals surface area (Å²) in [6.45, 7) is 3.38. The van der Waals surface area contributed by atoms with Crippen LogP contribution in [0, 0.1) is 0 Å². The van der Waals surface area contributed by atoms with E-state index in [-0.39, 0.29) is 19.0 Å². The number of hydrogen-bond acceptors (Lipinski definition) is 3. The highest BCUT2D eigenvalue weighted by Crippen LogP contribution is 2.22.